The number of amides is 1. The van der Waals surface area contributed by atoms with Gasteiger partial charge in [-0.15, -0.1) is 0 Å². The highest BCUT2D eigenvalue weighted by Gasteiger charge is 2.09. The molecule has 16 heavy (non-hydrogen) atoms. The van der Waals surface area contributed by atoms with E-state index in [9.17, 15) is 4.79 Å². The Morgan fingerprint density at radius 3 is 2.81 bits per heavy atom. The van der Waals surface area contributed by atoms with Crippen molar-refractivity contribution in [2.24, 2.45) is 11.7 Å². The minimum absolute atomic E-state index is 0.337. The number of primary amides is 1. The van der Waals surface area contributed by atoms with Crippen molar-refractivity contribution in [3.63, 3.8) is 0 Å². The van der Waals surface area contributed by atoms with E-state index in [-0.39, 0.29) is 0 Å². The maximum atomic E-state index is 11.2. The number of nitrogens with two attached hydrogens (primary N) is 2. The summed E-state index contributed by atoms with van der Waals surface area (Å²) in [5.74, 6) is 0.576. The number of aromatic nitrogens is 1. The molecule has 0 aromatic carbocycles. The van der Waals surface area contributed by atoms with E-state index in [0.717, 1.165) is 13.0 Å². The zero-order valence-electron chi connectivity index (χ0n) is 9.66. The van der Waals surface area contributed by atoms with E-state index in [1.807, 2.05) is 0 Å². The van der Waals surface area contributed by atoms with Crippen molar-refractivity contribution in [1.82, 2.24) is 4.98 Å². The van der Waals surface area contributed by atoms with Gasteiger partial charge < -0.3 is 16.8 Å². The second-order valence-electron chi connectivity index (χ2n) is 4.14. The predicted octanol–water partition coefficient (Wildman–Crippen LogP) is 1.22. The summed E-state index contributed by atoms with van der Waals surface area (Å²) in [6.45, 7) is 5.02. The second kappa shape index (κ2) is 5.34. The summed E-state index contributed by atoms with van der Waals surface area (Å²) in [6.07, 6.45) is 2.51. The third-order valence-electron chi connectivity index (χ3n) is 2.19. The van der Waals surface area contributed by atoms with E-state index < -0.39 is 5.91 Å². The van der Waals surface area contributed by atoms with Gasteiger partial charge in [0.15, 0.2) is 0 Å². The maximum Gasteiger partial charge on any atom is 0.252 e. The lowest BCUT2D eigenvalue weighted by molar-refractivity contribution is 0.100. The number of hydrogen-bond acceptors (Lipinski definition) is 4. The Morgan fingerprint density at radius 1 is 1.56 bits per heavy atom. The van der Waals surface area contributed by atoms with Crippen LogP contribution in [0, 0.1) is 5.92 Å². The molecular formula is C11H18N4O. The van der Waals surface area contributed by atoms with Gasteiger partial charge in [-0.05, 0) is 18.4 Å². The molecule has 0 unspecified atom stereocenters. The standard InChI is InChI=1S/C11H18N4O/c1-7(2)3-4-14-11-9(10(13)16)5-8(12)6-15-11/h5-7H,3-4,12H2,1-2H3,(H2,13,16)(H,14,15). The molecule has 5 heteroatoms. The average molecular weight is 222 g/mol. The van der Waals surface area contributed by atoms with Gasteiger partial charge in [0, 0.05) is 6.54 Å². The lowest BCUT2D eigenvalue weighted by Crippen LogP contribution is -2.17. The third kappa shape index (κ3) is 3.42. The lowest BCUT2D eigenvalue weighted by atomic mass is 10.1. The van der Waals surface area contributed by atoms with Gasteiger partial charge in [-0.25, -0.2) is 4.98 Å². The third-order valence-corrected chi connectivity index (χ3v) is 2.19. The summed E-state index contributed by atoms with van der Waals surface area (Å²) in [5.41, 5.74) is 11.6. The van der Waals surface area contributed by atoms with Crippen molar-refractivity contribution in [3.05, 3.63) is 17.8 Å². The van der Waals surface area contributed by atoms with Crippen LogP contribution in [0.5, 0.6) is 0 Å². The fourth-order valence-corrected chi connectivity index (χ4v) is 1.29. The first-order chi connectivity index (χ1) is 7.50. The van der Waals surface area contributed by atoms with Crippen molar-refractivity contribution < 1.29 is 4.79 Å². The van der Waals surface area contributed by atoms with Gasteiger partial charge in [0.25, 0.3) is 5.91 Å². The number of carbonyl (C=O) groups is 1. The fourth-order valence-electron chi connectivity index (χ4n) is 1.29. The van der Waals surface area contributed by atoms with Gasteiger partial charge in [-0.2, -0.15) is 0 Å². The highest BCUT2D eigenvalue weighted by molar-refractivity contribution is 5.98. The summed E-state index contributed by atoms with van der Waals surface area (Å²) in [4.78, 5) is 15.2. The Balaban J connectivity index is 2.75. The number of hydrogen-bond donors (Lipinski definition) is 3. The molecule has 1 rings (SSSR count). The number of nitrogens with one attached hydrogen (secondary N) is 1. The summed E-state index contributed by atoms with van der Waals surface area (Å²) < 4.78 is 0. The molecule has 5 N–H and O–H groups in total. The Hall–Kier alpha value is -1.78. The van der Waals surface area contributed by atoms with Crippen molar-refractivity contribution in [1.29, 1.82) is 0 Å². The minimum atomic E-state index is -0.521. The quantitative estimate of drug-likeness (QED) is 0.698. The maximum absolute atomic E-state index is 11.2. The van der Waals surface area contributed by atoms with Gasteiger partial charge in [0.05, 0.1) is 17.4 Å². The molecule has 0 bridgehead atoms. The van der Waals surface area contributed by atoms with E-state index in [1.165, 1.54) is 12.3 Å². The molecule has 0 aliphatic carbocycles. The zero-order valence-corrected chi connectivity index (χ0v) is 9.66. The van der Waals surface area contributed by atoms with Gasteiger partial charge in [-0.1, -0.05) is 13.8 Å². The molecule has 1 heterocycles. The molecule has 1 aromatic rings. The largest absolute Gasteiger partial charge is 0.397 e. The van der Waals surface area contributed by atoms with Gasteiger partial charge in [0.1, 0.15) is 5.82 Å². The molecule has 0 aliphatic rings. The molecule has 0 saturated carbocycles. The van der Waals surface area contributed by atoms with E-state index in [0.29, 0.717) is 23.0 Å². The van der Waals surface area contributed by atoms with Crippen LogP contribution < -0.4 is 16.8 Å². The highest BCUT2D eigenvalue weighted by Crippen LogP contribution is 2.15. The van der Waals surface area contributed by atoms with Crippen LogP contribution in [0.2, 0.25) is 0 Å². The number of nitrogen functional groups attached to an aromatic ring is 1. The summed E-state index contributed by atoms with van der Waals surface area (Å²) in [7, 11) is 0. The zero-order chi connectivity index (χ0) is 12.1. The van der Waals surface area contributed by atoms with Crippen LogP contribution in [-0.2, 0) is 0 Å². The normalized spacial score (nSPS) is 10.4. The van der Waals surface area contributed by atoms with Crippen molar-refractivity contribution >= 4 is 17.4 Å². The van der Waals surface area contributed by atoms with Crippen LogP contribution >= 0.6 is 0 Å². The van der Waals surface area contributed by atoms with Crippen molar-refractivity contribution in [2.45, 2.75) is 20.3 Å². The summed E-state index contributed by atoms with van der Waals surface area (Å²) in [5, 5.41) is 3.09. The van der Waals surface area contributed by atoms with Gasteiger partial charge in [0.2, 0.25) is 0 Å². The van der Waals surface area contributed by atoms with E-state index >= 15 is 0 Å². The molecule has 1 amide bonds. The molecule has 0 atom stereocenters. The molecule has 0 radical (unpaired) electrons. The van der Waals surface area contributed by atoms with Gasteiger partial charge in [-0.3, -0.25) is 4.79 Å². The fraction of sp³-hybridized carbons (Fsp3) is 0.455. The number of pyridine rings is 1. The Kier molecular flexibility index (Phi) is 4.10. The Bertz CT molecular complexity index is 376. The molecule has 0 fully saturated rings. The molecule has 0 spiro atoms. The molecular weight excluding hydrogens is 204 g/mol. The van der Waals surface area contributed by atoms with Crippen LogP contribution in [0.1, 0.15) is 30.6 Å². The minimum Gasteiger partial charge on any atom is -0.397 e. The van der Waals surface area contributed by atoms with E-state index in [1.54, 1.807) is 0 Å². The molecule has 5 nitrogen and oxygen atoms in total. The Labute approximate surface area is 95.2 Å². The topological polar surface area (TPSA) is 94.0 Å². The molecule has 0 saturated heterocycles. The van der Waals surface area contributed by atoms with Crippen LogP contribution in [-0.4, -0.2) is 17.4 Å². The number of nitrogens with zero attached hydrogens (tertiary/aromatic N) is 1. The number of carbonyl (C=O) groups excluding carboxylic acids is 1. The SMILES string of the molecule is CC(C)CCNc1ncc(N)cc1C(N)=O. The van der Waals surface area contributed by atoms with Crippen molar-refractivity contribution in [2.75, 3.05) is 17.6 Å². The molecule has 88 valence electrons. The van der Waals surface area contributed by atoms with Crippen LogP contribution in [0.4, 0.5) is 11.5 Å². The highest BCUT2D eigenvalue weighted by atomic mass is 16.1. The van der Waals surface area contributed by atoms with Crippen LogP contribution in [0.25, 0.3) is 0 Å². The van der Waals surface area contributed by atoms with Gasteiger partial charge >= 0.3 is 0 Å². The van der Waals surface area contributed by atoms with E-state index in [4.69, 9.17) is 11.5 Å². The Morgan fingerprint density at radius 2 is 2.25 bits per heavy atom. The molecule has 1 aromatic heterocycles. The number of anilines is 2. The average Bonchev–Trinajstić information content (AvgIpc) is 2.19. The first kappa shape index (κ1) is 12.3. The second-order valence-corrected chi connectivity index (χ2v) is 4.14. The summed E-state index contributed by atoms with van der Waals surface area (Å²) >= 11 is 0. The molecule has 0 aliphatic heterocycles. The lowest BCUT2D eigenvalue weighted by Gasteiger charge is -2.10. The van der Waals surface area contributed by atoms with Crippen LogP contribution in [0.3, 0.4) is 0 Å². The van der Waals surface area contributed by atoms with Crippen molar-refractivity contribution in [3.8, 4) is 0 Å². The number of rotatable bonds is 5. The summed E-state index contributed by atoms with van der Waals surface area (Å²) in [6, 6.07) is 1.53. The smallest absolute Gasteiger partial charge is 0.252 e. The predicted molar refractivity (Wildman–Crippen MR) is 65.1 cm³/mol. The first-order valence-electron chi connectivity index (χ1n) is 5.30. The monoisotopic (exact) mass is 222 g/mol. The van der Waals surface area contributed by atoms with E-state index in [2.05, 4.69) is 24.1 Å². The first-order valence-corrected chi connectivity index (χ1v) is 5.30. The van der Waals surface area contributed by atoms with Crippen LogP contribution in [0.15, 0.2) is 12.3 Å².